The SMILES string of the molecule is CC(=O)Oc1c(Cl)cc(-c2ccccc2)c(NS(=O)(=O)c2cncc(C)c2)c1Cl. The van der Waals surface area contributed by atoms with Crippen molar-refractivity contribution in [1.82, 2.24) is 4.98 Å². The summed E-state index contributed by atoms with van der Waals surface area (Å²) < 4.78 is 33.5. The summed E-state index contributed by atoms with van der Waals surface area (Å²) in [6.07, 6.45) is 2.77. The Morgan fingerprint density at radius 2 is 1.79 bits per heavy atom. The standard InChI is InChI=1S/C20H16Cl2N2O4S/c1-12-8-15(11-23-10-12)29(26,27)24-19-16(14-6-4-3-5-7-14)9-17(21)20(18(19)22)28-13(2)25/h3-11,24H,1-2H3. The van der Waals surface area contributed by atoms with Gasteiger partial charge in [0.05, 0.1) is 10.7 Å². The maximum Gasteiger partial charge on any atom is 0.308 e. The van der Waals surface area contributed by atoms with Gasteiger partial charge in [-0.1, -0.05) is 53.5 Å². The van der Waals surface area contributed by atoms with E-state index in [1.165, 1.54) is 25.3 Å². The number of hydrogen-bond acceptors (Lipinski definition) is 5. The van der Waals surface area contributed by atoms with E-state index in [-0.39, 0.29) is 26.4 Å². The van der Waals surface area contributed by atoms with Crippen LogP contribution in [0.3, 0.4) is 0 Å². The fourth-order valence-corrected chi connectivity index (χ4v) is 4.43. The Morgan fingerprint density at radius 3 is 2.41 bits per heavy atom. The molecule has 1 N–H and O–H groups in total. The molecule has 0 aliphatic rings. The molecule has 6 nitrogen and oxygen atoms in total. The second kappa shape index (κ2) is 8.41. The van der Waals surface area contributed by atoms with Gasteiger partial charge < -0.3 is 4.74 Å². The number of ether oxygens (including phenoxy) is 1. The topological polar surface area (TPSA) is 85.4 Å². The van der Waals surface area contributed by atoms with Gasteiger partial charge in [-0.2, -0.15) is 0 Å². The van der Waals surface area contributed by atoms with Crippen LogP contribution in [0.2, 0.25) is 10.0 Å². The Bertz CT molecular complexity index is 1180. The lowest BCUT2D eigenvalue weighted by Gasteiger charge is -2.18. The smallest absolute Gasteiger partial charge is 0.308 e. The molecule has 3 aromatic rings. The van der Waals surface area contributed by atoms with E-state index in [4.69, 9.17) is 27.9 Å². The molecular weight excluding hydrogens is 435 g/mol. The highest BCUT2D eigenvalue weighted by Gasteiger charge is 2.24. The normalized spacial score (nSPS) is 11.2. The monoisotopic (exact) mass is 450 g/mol. The number of benzene rings is 2. The fraction of sp³-hybridized carbons (Fsp3) is 0.100. The van der Waals surface area contributed by atoms with E-state index in [1.807, 2.05) is 6.07 Å². The Balaban J connectivity index is 2.21. The van der Waals surface area contributed by atoms with Crippen LogP contribution in [-0.2, 0) is 14.8 Å². The van der Waals surface area contributed by atoms with E-state index < -0.39 is 16.0 Å². The number of anilines is 1. The lowest BCUT2D eigenvalue weighted by atomic mass is 10.0. The zero-order valence-electron chi connectivity index (χ0n) is 15.4. The average Bonchev–Trinajstić information content (AvgIpc) is 2.67. The molecule has 3 rings (SSSR count). The first-order chi connectivity index (χ1) is 13.7. The van der Waals surface area contributed by atoms with Gasteiger partial charge in [-0.3, -0.25) is 14.5 Å². The van der Waals surface area contributed by atoms with Gasteiger partial charge in [0.15, 0.2) is 5.75 Å². The third kappa shape index (κ3) is 4.70. The average molecular weight is 451 g/mol. The van der Waals surface area contributed by atoms with Crippen molar-refractivity contribution in [2.75, 3.05) is 4.72 Å². The van der Waals surface area contributed by atoms with Crippen LogP contribution < -0.4 is 9.46 Å². The molecule has 150 valence electrons. The highest BCUT2D eigenvalue weighted by molar-refractivity contribution is 7.92. The molecule has 0 radical (unpaired) electrons. The molecule has 2 aromatic carbocycles. The van der Waals surface area contributed by atoms with Gasteiger partial charge in [-0.05, 0) is 30.2 Å². The van der Waals surface area contributed by atoms with E-state index in [0.717, 1.165) is 0 Å². The molecule has 0 unspecified atom stereocenters. The molecular formula is C20H16Cl2N2O4S. The van der Waals surface area contributed by atoms with Crippen molar-refractivity contribution in [3.63, 3.8) is 0 Å². The van der Waals surface area contributed by atoms with Gasteiger partial charge in [0.1, 0.15) is 9.92 Å². The van der Waals surface area contributed by atoms with Gasteiger partial charge in [-0.25, -0.2) is 8.42 Å². The molecule has 1 aromatic heterocycles. The van der Waals surface area contributed by atoms with Gasteiger partial charge in [0, 0.05) is 24.9 Å². The number of sulfonamides is 1. The van der Waals surface area contributed by atoms with Crippen LogP contribution in [-0.4, -0.2) is 19.4 Å². The van der Waals surface area contributed by atoms with Crippen molar-refractivity contribution < 1.29 is 17.9 Å². The summed E-state index contributed by atoms with van der Waals surface area (Å²) in [5.41, 5.74) is 1.82. The maximum atomic E-state index is 13.0. The number of rotatable bonds is 5. The molecule has 0 saturated carbocycles. The zero-order chi connectivity index (χ0) is 21.2. The molecule has 0 fully saturated rings. The van der Waals surface area contributed by atoms with Gasteiger partial charge in [0.25, 0.3) is 10.0 Å². The number of nitrogens with one attached hydrogen (secondary N) is 1. The van der Waals surface area contributed by atoms with Crippen LogP contribution >= 0.6 is 23.2 Å². The van der Waals surface area contributed by atoms with E-state index in [0.29, 0.717) is 16.7 Å². The Labute approximate surface area is 178 Å². The number of pyridine rings is 1. The number of hydrogen-bond donors (Lipinski definition) is 1. The summed E-state index contributed by atoms with van der Waals surface area (Å²) in [4.78, 5) is 15.3. The molecule has 0 bridgehead atoms. The van der Waals surface area contributed by atoms with Crippen LogP contribution in [0.15, 0.2) is 59.8 Å². The number of halogens is 2. The highest BCUT2D eigenvalue weighted by Crippen LogP contribution is 2.45. The van der Waals surface area contributed by atoms with E-state index >= 15 is 0 Å². The number of esters is 1. The first kappa shape index (κ1) is 21.1. The number of carbonyl (C=O) groups is 1. The van der Waals surface area contributed by atoms with Gasteiger partial charge in [0.2, 0.25) is 0 Å². The molecule has 29 heavy (non-hydrogen) atoms. The summed E-state index contributed by atoms with van der Waals surface area (Å²) in [5.74, 6) is -0.765. The minimum Gasteiger partial charge on any atom is -0.423 e. The van der Waals surface area contributed by atoms with Crippen LogP contribution in [0.25, 0.3) is 11.1 Å². The van der Waals surface area contributed by atoms with Crippen LogP contribution in [0.4, 0.5) is 5.69 Å². The summed E-state index contributed by atoms with van der Waals surface area (Å²) in [6, 6.07) is 11.9. The third-order valence-corrected chi connectivity index (χ3v) is 5.86. The number of nitrogens with zero attached hydrogens (tertiary/aromatic N) is 1. The van der Waals surface area contributed by atoms with Crippen molar-refractivity contribution in [1.29, 1.82) is 0 Å². The lowest BCUT2D eigenvalue weighted by molar-refractivity contribution is -0.131. The van der Waals surface area contributed by atoms with Crippen molar-refractivity contribution in [2.45, 2.75) is 18.7 Å². The van der Waals surface area contributed by atoms with Gasteiger partial charge in [-0.15, -0.1) is 0 Å². The summed E-state index contributed by atoms with van der Waals surface area (Å²) >= 11 is 12.7. The highest BCUT2D eigenvalue weighted by atomic mass is 35.5. The van der Waals surface area contributed by atoms with Crippen LogP contribution in [0, 0.1) is 6.92 Å². The first-order valence-electron chi connectivity index (χ1n) is 8.39. The number of aromatic nitrogens is 1. The molecule has 0 aliphatic heterocycles. The van der Waals surface area contributed by atoms with Crippen molar-refractivity contribution in [3.05, 3.63) is 70.5 Å². The second-order valence-electron chi connectivity index (χ2n) is 6.19. The van der Waals surface area contributed by atoms with Crippen molar-refractivity contribution >= 4 is 44.9 Å². The van der Waals surface area contributed by atoms with Gasteiger partial charge >= 0.3 is 5.97 Å². The minimum absolute atomic E-state index is 0.0310. The summed E-state index contributed by atoms with van der Waals surface area (Å²) in [5, 5.41) is -0.0556. The van der Waals surface area contributed by atoms with E-state index in [2.05, 4.69) is 9.71 Å². The van der Waals surface area contributed by atoms with Crippen molar-refractivity contribution in [3.8, 4) is 16.9 Å². The Hall–Kier alpha value is -2.61. The largest absolute Gasteiger partial charge is 0.423 e. The number of carbonyl (C=O) groups excluding carboxylic acids is 1. The number of aryl methyl sites for hydroxylation is 1. The quantitative estimate of drug-likeness (QED) is 0.432. The van der Waals surface area contributed by atoms with E-state index in [1.54, 1.807) is 37.4 Å². The predicted octanol–water partition coefficient (Wildman–Crippen LogP) is 5.09. The van der Waals surface area contributed by atoms with Crippen LogP contribution in [0.5, 0.6) is 5.75 Å². The molecule has 1 heterocycles. The molecule has 0 aliphatic carbocycles. The minimum atomic E-state index is -4.03. The molecule has 0 atom stereocenters. The van der Waals surface area contributed by atoms with Crippen molar-refractivity contribution in [2.24, 2.45) is 0 Å². The molecule has 0 amide bonds. The molecule has 0 spiro atoms. The Morgan fingerprint density at radius 1 is 1.10 bits per heavy atom. The lowest BCUT2D eigenvalue weighted by Crippen LogP contribution is -2.15. The molecule has 9 heteroatoms. The first-order valence-corrected chi connectivity index (χ1v) is 10.6. The zero-order valence-corrected chi connectivity index (χ0v) is 17.8. The van der Waals surface area contributed by atoms with E-state index in [9.17, 15) is 13.2 Å². The summed E-state index contributed by atoms with van der Waals surface area (Å²) in [6.45, 7) is 2.93. The third-order valence-electron chi connectivity index (χ3n) is 3.90. The fourth-order valence-electron chi connectivity index (χ4n) is 2.65. The summed E-state index contributed by atoms with van der Waals surface area (Å²) in [7, 11) is -4.03. The molecule has 0 saturated heterocycles. The second-order valence-corrected chi connectivity index (χ2v) is 8.65. The Kier molecular flexibility index (Phi) is 6.12. The van der Waals surface area contributed by atoms with Crippen LogP contribution in [0.1, 0.15) is 12.5 Å². The predicted molar refractivity (Wildman–Crippen MR) is 113 cm³/mol. The maximum absolute atomic E-state index is 13.0.